The fraction of sp³-hybridized carbons (Fsp3) is 0.348. The standard InChI is InChI=1S/C23H26N2/c1-16-11-22-21(17(2)14-23(3,4)25(22)5)13-19(16)12-20(15-24)18-9-7-6-8-10-18/h6-13,17H,14H2,1-5H3/b20-12+/t17-/m0/s1. The molecule has 0 radical (unpaired) electrons. The summed E-state index contributed by atoms with van der Waals surface area (Å²) in [4.78, 5) is 2.39. The summed E-state index contributed by atoms with van der Waals surface area (Å²) in [7, 11) is 2.18. The number of benzene rings is 2. The number of rotatable bonds is 2. The number of allylic oxidation sites excluding steroid dienone is 1. The van der Waals surface area contributed by atoms with Gasteiger partial charge in [0.05, 0.1) is 11.6 Å². The van der Waals surface area contributed by atoms with Crippen molar-refractivity contribution in [2.75, 3.05) is 11.9 Å². The maximum Gasteiger partial charge on any atom is 0.0998 e. The summed E-state index contributed by atoms with van der Waals surface area (Å²) in [6.45, 7) is 9.04. The van der Waals surface area contributed by atoms with Crippen LogP contribution in [0.15, 0.2) is 42.5 Å². The van der Waals surface area contributed by atoms with Crippen LogP contribution in [-0.4, -0.2) is 12.6 Å². The van der Waals surface area contributed by atoms with Gasteiger partial charge in [-0.1, -0.05) is 37.3 Å². The van der Waals surface area contributed by atoms with E-state index in [0.29, 0.717) is 11.5 Å². The van der Waals surface area contributed by atoms with Crippen molar-refractivity contribution in [2.45, 2.75) is 45.6 Å². The fourth-order valence-electron chi connectivity index (χ4n) is 3.84. The topological polar surface area (TPSA) is 27.0 Å². The molecule has 0 N–H and O–H groups in total. The molecule has 0 unspecified atom stereocenters. The number of nitriles is 1. The zero-order valence-corrected chi connectivity index (χ0v) is 15.8. The SMILES string of the molecule is Cc1cc2c(cc1/C=C(\C#N)c1ccccc1)[C@@H](C)CC(C)(C)N2C. The van der Waals surface area contributed by atoms with E-state index >= 15 is 0 Å². The molecule has 2 aromatic carbocycles. The molecular weight excluding hydrogens is 304 g/mol. The van der Waals surface area contributed by atoms with Gasteiger partial charge in [0.2, 0.25) is 0 Å². The molecule has 2 heteroatoms. The Labute approximate surface area is 151 Å². The van der Waals surface area contributed by atoms with Crippen molar-refractivity contribution in [2.24, 2.45) is 0 Å². The highest BCUT2D eigenvalue weighted by Crippen LogP contribution is 2.43. The van der Waals surface area contributed by atoms with Gasteiger partial charge in [0, 0.05) is 18.3 Å². The number of anilines is 1. The number of hydrogen-bond donors (Lipinski definition) is 0. The molecule has 0 fully saturated rings. The lowest BCUT2D eigenvalue weighted by Crippen LogP contribution is -2.45. The minimum absolute atomic E-state index is 0.165. The first-order chi connectivity index (χ1) is 11.8. The van der Waals surface area contributed by atoms with Crippen LogP contribution in [0.4, 0.5) is 5.69 Å². The van der Waals surface area contributed by atoms with E-state index in [9.17, 15) is 5.26 Å². The molecule has 128 valence electrons. The summed E-state index contributed by atoms with van der Waals surface area (Å²) in [5, 5.41) is 9.61. The van der Waals surface area contributed by atoms with Gasteiger partial charge in [-0.15, -0.1) is 0 Å². The molecule has 1 aliphatic heterocycles. The molecule has 1 aliphatic rings. The average Bonchev–Trinajstić information content (AvgIpc) is 2.59. The van der Waals surface area contributed by atoms with Gasteiger partial charge in [-0.2, -0.15) is 5.26 Å². The zero-order valence-electron chi connectivity index (χ0n) is 15.8. The molecule has 0 bridgehead atoms. The van der Waals surface area contributed by atoms with Crippen molar-refractivity contribution in [1.82, 2.24) is 0 Å². The van der Waals surface area contributed by atoms with Gasteiger partial charge >= 0.3 is 0 Å². The third-order valence-corrected chi connectivity index (χ3v) is 5.53. The Morgan fingerprint density at radius 3 is 2.56 bits per heavy atom. The molecule has 0 saturated heterocycles. The molecule has 0 spiro atoms. The molecular formula is C23H26N2. The normalized spacial score (nSPS) is 19.3. The van der Waals surface area contributed by atoms with E-state index in [1.165, 1.54) is 16.8 Å². The van der Waals surface area contributed by atoms with Gasteiger partial charge in [-0.05, 0) is 73.6 Å². The van der Waals surface area contributed by atoms with Crippen LogP contribution in [0.1, 0.15) is 55.4 Å². The fourth-order valence-corrected chi connectivity index (χ4v) is 3.84. The lowest BCUT2D eigenvalue weighted by molar-refractivity contribution is 0.395. The van der Waals surface area contributed by atoms with E-state index < -0.39 is 0 Å². The smallest absolute Gasteiger partial charge is 0.0998 e. The minimum atomic E-state index is 0.165. The number of aryl methyl sites for hydroxylation is 1. The van der Waals surface area contributed by atoms with Crippen molar-refractivity contribution in [3.8, 4) is 6.07 Å². The van der Waals surface area contributed by atoms with Crippen LogP contribution in [0, 0.1) is 18.3 Å². The Bertz CT molecular complexity index is 854. The van der Waals surface area contributed by atoms with Gasteiger partial charge in [-0.3, -0.25) is 0 Å². The van der Waals surface area contributed by atoms with E-state index in [2.05, 4.69) is 57.8 Å². The third kappa shape index (κ3) is 3.20. The predicted octanol–water partition coefficient (Wildman–Crippen LogP) is 5.78. The van der Waals surface area contributed by atoms with Gasteiger partial charge in [0.25, 0.3) is 0 Å². The van der Waals surface area contributed by atoms with Crippen LogP contribution < -0.4 is 4.90 Å². The van der Waals surface area contributed by atoms with E-state index in [1.54, 1.807) is 0 Å². The Kier molecular flexibility index (Phi) is 4.43. The third-order valence-electron chi connectivity index (χ3n) is 5.53. The summed E-state index contributed by atoms with van der Waals surface area (Å²) in [6.07, 6.45) is 3.16. The molecule has 0 saturated carbocycles. The van der Waals surface area contributed by atoms with Gasteiger partial charge in [0.1, 0.15) is 0 Å². The van der Waals surface area contributed by atoms with Crippen LogP contribution in [0.25, 0.3) is 11.6 Å². The second kappa shape index (κ2) is 6.41. The summed E-state index contributed by atoms with van der Waals surface area (Å²) >= 11 is 0. The monoisotopic (exact) mass is 330 g/mol. The number of hydrogen-bond acceptors (Lipinski definition) is 2. The second-order valence-corrected chi connectivity index (χ2v) is 7.78. The lowest BCUT2D eigenvalue weighted by Gasteiger charge is -2.45. The highest BCUT2D eigenvalue weighted by Gasteiger charge is 2.34. The number of fused-ring (bicyclic) bond motifs is 1. The first-order valence-electron chi connectivity index (χ1n) is 8.89. The molecule has 0 amide bonds. The Morgan fingerprint density at radius 2 is 1.92 bits per heavy atom. The molecule has 3 rings (SSSR count). The minimum Gasteiger partial charge on any atom is -0.369 e. The maximum absolute atomic E-state index is 9.61. The van der Waals surface area contributed by atoms with Crippen LogP contribution in [-0.2, 0) is 0 Å². The molecule has 2 aromatic rings. The van der Waals surface area contributed by atoms with Crippen molar-refractivity contribution in [3.05, 3.63) is 64.7 Å². The zero-order chi connectivity index (χ0) is 18.2. The largest absolute Gasteiger partial charge is 0.369 e. The summed E-state index contributed by atoms with van der Waals surface area (Å²) in [5.74, 6) is 0.510. The van der Waals surface area contributed by atoms with Gasteiger partial charge in [-0.25, -0.2) is 0 Å². The predicted molar refractivity (Wildman–Crippen MR) is 107 cm³/mol. The van der Waals surface area contributed by atoms with E-state index in [4.69, 9.17) is 0 Å². The quantitative estimate of drug-likeness (QED) is 0.515. The average molecular weight is 330 g/mol. The van der Waals surface area contributed by atoms with Crippen LogP contribution in [0.5, 0.6) is 0 Å². The van der Waals surface area contributed by atoms with Crippen LogP contribution >= 0.6 is 0 Å². The summed E-state index contributed by atoms with van der Waals surface area (Å²) in [6, 6.07) is 16.8. The maximum atomic E-state index is 9.61. The first-order valence-corrected chi connectivity index (χ1v) is 8.89. The van der Waals surface area contributed by atoms with E-state index in [-0.39, 0.29) is 5.54 Å². The molecule has 0 aliphatic carbocycles. The Morgan fingerprint density at radius 1 is 1.24 bits per heavy atom. The second-order valence-electron chi connectivity index (χ2n) is 7.78. The van der Waals surface area contributed by atoms with Crippen molar-refractivity contribution < 1.29 is 0 Å². The first kappa shape index (κ1) is 17.3. The van der Waals surface area contributed by atoms with Crippen LogP contribution in [0.2, 0.25) is 0 Å². The van der Waals surface area contributed by atoms with Crippen molar-refractivity contribution >= 4 is 17.3 Å². The van der Waals surface area contributed by atoms with E-state index in [0.717, 1.165) is 17.5 Å². The molecule has 1 heterocycles. The molecule has 1 atom stereocenters. The lowest BCUT2D eigenvalue weighted by atomic mass is 9.79. The van der Waals surface area contributed by atoms with Gasteiger partial charge < -0.3 is 4.90 Å². The molecule has 25 heavy (non-hydrogen) atoms. The van der Waals surface area contributed by atoms with Gasteiger partial charge in [0.15, 0.2) is 0 Å². The highest BCUT2D eigenvalue weighted by molar-refractivity contribution is 5.90. The van der Waals surface area contributed by atoms with E-state index in [1.807, 2.05) is 36.4 Å². The molecule has 2 nitrogen and oxygen atoms in total. The van der Waals surface area contributed by atoms with Crippen molar-refractivity contribution in [3.63, 3.8) is 0 Å². The summed E-state index contributed by atoms with van der Waals surface area (Å²) < 4.78 is 0. The Hall–Kier alpha value is -2.53. The highest BCUT2D eigenvalue weighted by atomic mass is 15.2. The number of nitrogens with zero attached hydrogens (tertiary/aromatic N) is 2. The van der Waals surface area contributed by atoms with Crippen molar-refractivity contribution in [1.29, 1.82) is 5.26 Å². The molecule has 0 aromatic heterocycles. The van der Waals surface area contributed by atoms with Crippen LogP contribution in [0.3, 0.4) is 0 Å². The Balaban J connectivity index is 2.10. The summed E-state index contributed by atoms with van der Waals surface area (Å²) in [5.41, 5.74) is 6.88.